The Morgan fingerprint density at radius 1 is 1.03 bits per heavy atom. The molecule has 29 heavy (non-hydrogen) atoms. The minimum absolute atomic E-state index is 0.0472. The number of benzene rings is 1. The Balaban J connectivity index is 2.16. The number of carbonyl (C=O) groups is 2. The lowest BCUT2D eigenvalue weighted by atomic mass is 9.83. The van der Waals surface area contributed by atoms with E-state index in [-0.39, 0.29) is 33.7 Å². The second-order valence-corrected chi connectivity index (χ2v) is 7.43. The zero-order valence-corrected chi connectivity index (χ0v) is 17.4. The summed E-state index contributed by atoms with van der Waals surface area (Å²) in [6.07, 6.45) is 7.59. The maximum atomic E-state index is 12.7. The summed E-state index contributed by atoms with van der Waals surface area (Å²) in [5.74, 6) is -1.97. The topological polar surface area (TPSA) is 85.3 Å². The number of methoxy groups -OCH3 is 3. The molecule has 1 aliphatic heterocycles. The van der Waals surface area contributed by atoms with Gasteiger partial charge in [-0.3, -0.25) is 0 Å². The average Bonchev–Trinajstić information content (AvgIpc) is 3.28. The molecule has 3 rings (SSSR count). The van der Waals surface area contributed by atoms with E-state index < -0.39 is 17.9 Å². The van der Waals surface area contributed by atoms with Crippen molar-refractivity contribution < 1.29 is 28.9 Å². The monoisotopic (exact) mass is 421 g/mol. The van der Waals surface area contributed by atoms with Crippen LogP contribution in [0, 0.1) is 0 Å². The van der Waals surface area contributed by atoms with Crippen molar-refractivity contribution in [1.82, 2.24) is 4.90 Å². The second-order valence-electron chi connectivity index (χ2n) is 7.02. The summed E-state index contributed by atoms with van der Waals surface area (Å²) in [7, 11) is 3.98. The molecule has 0 amide bonds. The number of hydrogen-bond acceptors (Lipinski definition) is 7. The SMILES string of the molecule is COC(=O)C1=CN(C2CCCC2)C=C(C(=O)OC)C1c1cc(Cl)c(O)c(OC)c1. The predicted molar refractivity (Wildman–Crippen MR) is 107 cm³/mol. The van der Waals surface area contributed by atoms with Crippen LogP contribution in [0.15, 0.2) is 35.7 Å². The Morgan fingerprint density at radius 2 is 1.59 bits per heavy atom. The normalized spacial score (nSPS) is 17.6. The maximum absolute atomic E-state index is 12.7. The van der Waals surface area contributed by atoms with Crippen LogP contribution in [0.3, 0.4) is 0 Å². The van der Waals surface area contributed by atoms with Crippen molar-refractivity contribution in [2.45, 2.75) is 37.6 Å². The van der Waals surface area contributed by atoms with E-state index in [0.717, 1.165) is 25.7 Å². The van der Waals surface area contributed by atoms with Crippen molar-refractivity contribution in [1.29, 1.82) is 0 Å². The van der Waals surface area contributed by atoms with Crippen LogP contribution in [-0.4, -0.2) is 49.3 Å². The summed E-state index contributed by atoms with van der Waals surface area (Å²) in [4.78, 5) is 27.2. The number of esters is 2. The van der Waals surface area contributed by atoms with Crippen LogP contribution >= 0.6 is 11.6 Å². The quantitative estimate of drug-likeness (QED) is 0.728. The third-order valence-corrected chi connectivity index (χ3v) is 5.68. The van der Waals surface area contributed by atoms with Gasteiger partial charge in [-0.2, -0.15) is 0 Å². The van der Waals surface area contributed by atoms with Crippen LogP contribution in [0.5, 0.6) is 11.5 Å². The van der Waals surface area contributed by atoms with Crippen LogP contribution in [-0.2, 0) is 19.1 Å². The highest BCUT2D eigenvalue weighted by Gasteiger charge is 2.37. The van der Waals surface area contributed by atoms with E-state index in [1.54, 1.807) is 18.5 Å². The van der Waals surface area contributed by atoms with Gasteiger partial charge >= 0.3 is 11.9 Å². The van der Waals surface area contributed by atoms with Gasteiger partial charge in [0.05, 0.1) is 43.4 Å². The van der Waals surface area contributed by atoms with Crippen LogP contribution in [0.2, 0.25) is 5.02 Å². The molecule has 1 saturated carbocycles. The summed E-state index contributed by atoms with van der Waals surface area (Å²) < 4.78 is 15.2. The molecular formula is C21H24ClNO6. The number of phenols is 1. The first-order valence-corrected chi connectivity index (χ1v) is 9.73. The molecule has 0 atom stereocenters. The van der Waals surface area contributed by atoms with E-state index in [9.17, 15) is 14.7 Å². The van der Waals surface area contributed by atoms with Crippen LogP contribution in [0.4, 0.5) is 0 Å². The zero-order chi connectivity index (χ0) is 21.1. The number of carbonyl (C=O) groups excluding carboxylic acids is 2. The number of nitrogens with zero attached hydrogens (tertiary/aromatic N) is 1. The fraction of sp³-hybridized carbons (Fsp3) is 0.429. The van der Waals surface area contributed by atoms with Crippen molar-refractivity contribution >= 4 is 23.5 Å². The molecule has 0 unspecified atom stereocenters. The molecule has 1 aliphatic carbocycles. The Hall–Kier alpha value is -2.67. The minimum atomic E-state index is -0.778. The fourth-order valence-corrected chi connectivity index (χ4v) is 4.16. The molecule has 2 aliphatic rings. The molecular weight excluding hydrogens is 398 g/mol. The first-order chi connectivity index (χ1) is 13.9. The van der Waals surface area contributed by atoms with Crippen molar-refractivity contribution in [3.05, 3.63) is 46.3 Å². The molecule has 0 aromatic heterocycles. The molecule has 1 heterocycles. The van der Waals surface area contributed by atoms with Gasteiger partial charge in [0.1, 0.15) is 0 Å². The lowest BCUT2D eigenvalue weighted by Crippen LogP contribution is -2.33. The number of halogens is 1. The number of rotatable bonds is 5. The number of phenolic OH excluding ortho intramolecular Hbond substituents is 1. The molecule has 0 radical (unpaired) electrons. The summed E-state index contributed by atoms with van der Waals surface area (Å²) in [6, 6.07) is 3.25. The predicted octanol–water partition coefficient (Wildman–Crippen LogP) is 3.51. The van der Waals surface area contributed by atoms with Gasteiger partial charge in [0.15, 0.2) is 11.5 Å². The third-order valence-electron chi connectivity index (χ3n) is 5.39. The highest BCUT2D eigenvalue weighted by molar-refractivity contribution is 6.32. The fourth-order valence-electron chi connectivity index (χ4n) is 3.94. The lowest BCUT2D eigenvalue weighted by Gasteiger charge is -2.33. The van der Waals surface area contributed by atoms with Crippen LogP contribution in [0.25, 0.3) is 0 Å². The summed E-state index contributed by atoms with van der Waals surface area (Å²) in [6.45, 7) is 0. The van der Waals surface area contributed by atoms with Crippen LogP contribution in [0.1, 0.15) is 37.2 Å². The molecule has 0 spiro atoms. The first-order valence-electron chi connectivity index (χ1n) is 9.35. The van der Waals surface area contributed by atoms with Gasteiger partial charge in [-0.15, -0.1) is 0 Å². The van der Waals surface area contributed by atoms with Gasteiger partial charge in [-0.25, -0.2) is 9.59 Å². The molecule has 1 aromatic rings. The standard InChI is InChI=1S/C21H24ClNO6/c1-27-17-9-12(8-16(22)19(17)24)18-14(20(25)28-2)10-23(13-6-4-5-7-13)11-15(18)21(26)29-3/h8-11,13,18,24H,4-7H2,1-3H3. The minimum Gasteiger partial charge on any atom is -0.503 e. The Morgan fingerprint density at radius 3 is 2.07 bits per heavy atom. The van der Waals surface area contributed by atoms with Gasteiger partial charge in [0.25, 0.3) is 0 Å². The van der Waals surface area contributed by atoms with Gasteiger partial charge in [-0.05, 0) is 30.5 Å². The molecule has 7 nitrogen and oxygen atoms in total. The van der Waals surface area contributed by atoms with E-state index >= 15 is 0 Å². The van der Waals surface area contributed by atoms with Crippen molar-refractivity contribution in [3.63, 3.8) is 0 Å². The van der Waals surface area contributed by atoms with Crippen molar-refractivity contribution in [2.24, 2.45) is 0 Å². The molecule has 156 valence electrons. The highest BCUT2D eigenvalue weighted by Crippen LogP contribution is 2.44. The van der Waals surface area contributed by atoms with Gasteiger partial charge in [-0.1, -0.05) is 24.4 Å². The summed E-state index contributed by atoms with van der Waals surface area (Å²) in [5, 5.41) is 10.1. The molecule has 8 heteroatoms. The Kier molecular flexibility index (Phi) is 6.37. The highest BCUT2D eigenvalue weighted by atomic mass is 35.5. The van der Waals surface area contributed by atoms with Gasteiger partial charge in [0.2, 0.25) is 0 Å². The van der Waals surface area contributed by atoms with E-state index in [0.29, 0.717) is 5.56 Å². The second kappa shape index (κ2) is 8.78. The van der Waals surface area contributed by atoms with Gasteiger partial charge < -0.3 is 24.2 Å². The number of hydrogen-bond donors (Lipinski definition) is 1. The molecule has 0 saturated heterocycles. The number of ether oxygens (including phenoxy) is 3. The zero-order valence-electron chi connectivity index (χ0n) is 16.6. The van der Waals surface area contributed by atoms with E-state index in [2.05, 4.69) is 0 Å². The Bertz CT molecular complexity index is 838. The van der Waals surface area contributed by atoms with E-state index in [1.165, 1.54) is 27.4 Å². The molecule has 0 bridgehead atoms. The molecule has 1 fully saturated rings. The summed E-state index contributed by atoms with van der Waals surface area (Å²) in [5.41, 5.74) is 1.07. The van der Waals surface area contributed by atoms with E-state index in [1.807, 2.05) is 4.90 Å². The summed E-state index contributed by atoms with van der Waals surface area (Å²) >= 11 is 6.16. The average molecular weight is 422 g/mol. The third kappa shape index (κ3) is 4.05. The smallest absolute Gasteiger partial charge is 0.336 e. The Labute approximate surface area is 174 Å². The van der Waals surface area contributed by atoms with E-state index in [4.69, 9.17) is 25.8 Å². The molecule has 1 N–H and O–H groups in total. The van der Waals surface area contributed by atoms with Crippen LogP contribution < -0.4 is 4.74 Å². The first kappa shape index (κ1) is 21.0. The number of aromatic hydroxyl groups is 1. The van der Waals surface area contributed by atoms with Crippen molar-refractivity contribution in [3.8, 4) is 11.5 Å². The maximum Gasteiger partial charge on any atom is 0.336 e. The lowest BCUT2D eigenvalue weighted by molar-refractivity contribution is -0.137. The molecule has 1 aromatic carbocycles. The van der Waals surface area contributed by atoms with Crippen molar-refractivity contribution in [2.75, 3.05) is 21.3 Å². The largest absolute Gasteiger partial charge is 0.503 e. The van der Waals surface area contributed by atoms with Gasteiger partial charge in [0, 0.05) is 18.4 Å².